The Morgan fingerprint density at radius 2 is 2.08 bits per heavy atom. The Morgan fingerprint density at radius 1 is 1.46 bits per heavy atom. The number of amides is 1. The maximum atomic E-state index is 11.0. The lowest BCUT2D eigenvalue weighted by atomic mass is 10.2. The molecule has 1 N–H and O–H groups in total. The molecule has 0 bridgehead atoms. The second-order valence-corrected chi connectivity index (χ2v) is 3.82. The van der Waals surface area contributed by atoms with Gasteiger partial charge in [-0.1, -0.05) is 12.2 Å². The van der Waals surface area contributed by atoms with Crippen molar-refractivity contribution < 1.29 is 9.53 Å². The summed E-state index contributed by atoms with van der Waals surface area (Å²) in [5, 5.41) is 2.57. The zero-order chi connectivity index (χ0) is 10.3. The van der Waals surface area contributed by atoms with Gasteiger partial charge in [0.1, 0.15) is 5.60 Å². The molecule has 0 unspecified atom stereocenters. The first-order chi connectivity index (χ1) is 5.95. The lowest BCUT2D eigenvalue weighted by Gasteiger charge is -2.19. The van der Waals surface area contributed by atoms with Crippen LogP contribution in [0.25, 0.3) is 0 Å². The molecule has 0 aromatic carbocycles. The van der Waals surface area contributed by atoms with Crippen LogP contribution in [0.5, 0.6) is 0 Å². The maximum Gasteiger partial charge on any atom is 0.407 e. The summed E-state index contributed by atoms with van der Waals surface area (Å²) >= 11 is 5.39. The molecular formula is C9H16ClNO2. The third-order valence-corrected chi connectivity index (χ3v) is 1.20. The number of allylic oxidation sites excluding steroid dienone is 1. The van der Waals surface area contributed by atoms with Gasteiger partial charge in [-0.2, -0.15) is 0 Å². The first-order valence-corrected chi connectivity index (χ1v) is 4.67. The van der Waals surface area contributed by atoms with E-state index in [-0.39, 0.29) is 0 Å². The maximum absolute atomic E-state index is 11.0. The molecule has 0 rings (SSSR count). The molecule has 0 aliphatic carbocycles. The molecular weight excluding hydrogens is 190 g/mol. The standard InChI is InChI=1S/C9H16ClNO2/c1-9(2,3)13-8(12)11-7-5-4-6-10/h4-5H,6-7H2,1-3H3,(H,11,12)/b5-4+. The SMILES string of the molecule is CC(C)(C)OC(=O)NC/C=C/CCl. The number of ether oxygens (including phenoxy) is 1. The van der Waals surface area contributed by atoms with E-state index in [4.69, 9.17) is 16.3 Å². The van der Waals surface area contributed by atoms with E-state index in [1.165, 1.54) is 0 Å². The van der Waals surface area contributed by atoms with Crippen LogP contribution in [0.15, 0.2) is 12.2 Å². The zero-order valence-electron chi connectivity index (χ0n) is 8.26. The van der Waals surface area contributed by atoms with Gasteiger partial charge in [-0.3, -0.25) is 0 Å². The summed E-state index contributed by atoms with van der Waals surface area (Å²) in [5.74, 6) is 0.454. The van der Waals surface area contributed by atoms with Gasteiger partial charge in [0.05, 0.1) is 0 Å². The minimum absolute atomic E-state index is 0.410. The van der Waals surface area contributed by atoms with E-state index >= 15 is 0 Å². The van der Waals surface area contributed by atoms with Gasteiger partial charge in [0.15, 0.2) is 0 Å². The van der Waals surface area contributed by atoms with E-state index < -0.39 is 11.7 Å². The van der Waals surface area contributed by atoms with Crippen molar-refractivity contribution in [2.45, 2.75) is 26.4 Å². The van der Waals surface area contributed by atoms with Gasteiger partial charge in [0, 0.05) is 12.4 Å². The first kappa shape index (κ1) is 12.3. The molecule has 0 saturated carbocycles. The first-order valence-electron chi connectivity index (χ1n) is 4.13. The van der Waals surface area contributed by atoms with Crippen LogP contribution in [0.2, 0.25) is 0 Å². The van der Waals surface area contributed by atoms with E-state index in [1.807, 2.05) is 20.8 Å². The number of halogens is 1. The van der Waals surface area contributed by atoms with Gasteiger partial charge >= 0.3 is 6.09 Å². The minimum Gasteiger partial charge on any atom is -0.444 e. The number of hydrogen-bond donors (Lipinski definition) is 1. The van der Waals surface area contributed by atoms with Gasteiger partial charge in [-0.05, 0) is 20.8 Å². The molecule has 0 aliphatic rings. The molecule has 76 valence electrons. The molecule has 3 nitrogen and oxygen atoms in total. The van der Waals surface area contributed by atoms with Crippen LogP contribution in [0.3, 0.4) is 0 Å². The van der Waals surface area contributed by atoms with Crippen molar-refractivity contribution in [2.24, 2.45) is 0 Å². The van der Waals surface area contributed by atoms with Gasteiger partial charge < -0.3 is 10.1 Å². The van der Waals surface area contributed by atoms with Crippen LogP contribution in [-0.4, -0.2) is 24.1 Å². The fourth-order valence-corrected chi connectivity index (χ4v) is 0.729. The number of hydrogen-bond acceptors (Lipinski definition) is 2. The molecule has 0 fully saturated rings. The molecule has 0 atom stereocenters. The van der Waals surface area contributed by atoms with E-state index in [9.17, 15) is 4.79 Å². The number of carbonyl (C=O) groups is 1. The predicted octanol–water partition coefficient (Wildman–Crippen LogP) is 2.31. The lowest BCUT2D eigenvalue weighted by Crippen LogP contribution is -2.32. The lowest BCUT2D eigenvalue weighted by molar-refractivity contribution is 0.0534. The predicted molar refractivity (Wildman–Crippen MR) is 54.1 cm³/mol. The van der Waals surface area contributed by atoms with Crippen molar-refractivity contribution >= 4 is 17.7 Å². The van der Waals surface area contributed by atoms with Crippen LogP contribution in [0.4, 0.5) is 4.79 Å². The fraction of sp³-hybridized carbons (Fsp3) is 0.667. The smallest absolute Gasteiger partial charge is 0.407 e. The Hall–Kier alpha value is -0.700. The highest BCUT2D eigenvalue weighted by Gasteiger charge is 2.14. The van der Waals surface area contributed by atoms with Crippen molar-refractivity contribution in [3.05, 3.63) is 12.2 Å². The van der Waals surface area contributed by atoms with Gasteiger partial charge in [0.2, 0.25) is 0 Å². The molecule has 13 heavy (non-hydrogen) atoms. The molecule has 0 heterocycles. The van der Waals surface area contributed by atoms with Crippen LogP contribution in [0, 0.1) is 0 Å². The van der Waals surface area contributed by atoms with Crippen molar-refractivity contribution in [1.29, 1.82) is 0 Å². The van der Waals surface area contributed by atoms with E-state index in [0.29, 0.717) is 12.4 Å². The summed E-state index contributed by atoms with van der Waals surface area (Å²) < 4.78 is 5.00. The molecule has 0 spiro atoms. The second kappa shape index (κ2) is 5.86. The Labute approximate surface area is 84.1 Å². The van der Waals surface area contributed by atoms with Crippen molar-refractivity contribution in [3.63, 3.8) is 0 Å². The van der Waals surface area contributed by atoms with Crippen molar-refractivity contribution in [2.75, 3.05) is 12.4 Å². The summed E-state index contributed by atoms with van der Waals surface area (Å²) in [6, 6.07) is 0. The van der Waals surface area contributed by atoms with E-state index in [2.05, 4.69) is 5.32 Å². The summed E-state index contributed by atoms with van der Waals surface area (Å²) in [5.41, 5.74) is -0.444. The number of alkyl halides is 1. The molecule has 0 aromatic heterocycles. The largest absolute Gasteiger partial charge is 0.444 e. The van der Waals surface area contributed by atoms with Crippen LogP contribution in [-0.2, 0) is 4.74 Å². The van der Waals surface area contributed by atoms with Crippen molar-refractivity contribution in [1.82, 2.24) is 5.32 Å². The third-order valence-electron chi connectivity index (χ3n) is 1.02. The van der Waals surface area contributed by atoms with Crippen LogP contribution >= 0.6 is 11.6 Å². The molecule has 0 radical (unpaired) electrons. The monoisotopic (exact) mass is 205 g/mol. The third kappa shape index (κ3) is 9.21. The average molecular weight is 206 g/mol. The highest BCUT2D eigenvalue weighted by Crippen LogP contribution is 2.05. The molecule has 4 heteroatoms. The highest BCUT2D eigenvalue weighted by molar-refractivity contribution is 6.18. The van der Waals surface area contributed by atoms with Crippen LogP contribution in [0.1, 0.15) is 20.8 Å². The highest BCUT2D eigenvalue weighted by atomic mass is 35.5. The van der Waals surface area contributed by atoms with Gasteiger partial charge in [-0.15, -0.1) is 11.6 Å². The van der Waals surface area contributed by atoms with E-state index in [1.54, 1.807) is 12.2 Å². The second-order valence-electron chi connectivity index (χ2n) is 3.51. The number of rotatable bonds is 3. The van der Waals surface area contributed by atoms with Crippen LogP contribution < -0.4 is 5.32 Å². The van der Waals surface area contributed by atoms with Crippen molar-refractivity contribution in [3.8, 4) is 0 Å². The number of carbonyl (C=O) groups excluding carboxylic acids is 1. The fourth-order valence-electron chi connectivity index (χ4n) is 0.603. The molecule has 0 aromatic rings. The zero-order valence-corrected chi connectivity index (χ0v) is 9.02. The Kier molecular flexibility index (Phi) is 5.55. The number of nitrogens with one attached hydrogen (secondary N) is 1. The average Bonchev–Trinajstić information content (AvgIpc) is 1.94. The topological polar surface area (TPSA) is 38.3 Å². The molecule has 1 amide bonds. The summed E-state index contributed by atoms with van der Waals surface area (Å²) in [7, 11) is 0. The Morgan fingerprint density at radius 3 is 2.54 bits per heavy atom. The summed E-state index contributed by atoms with van der Waals surface area (Å²) in [4.78, 5) is 11.0. The quantitative estimate of drug-likeness (QED) is 0.567. The molecule has 0 saturated heterocycles. The minimum atomic E-state index is -0.444. The summed E-state index contributed by atoms with van der Waals surface area (Å²) in [6.07, 6.45) is 3.13. The van der Waals surface area contributed by atoms with Gasteiger partial charge in [0.25, 0.3) is 0 Å². The number of alkyl carbamates (subject to hydrolysis) is 1. The summed E-state index contributed by atoms with van der Waals surface area (Å²) in [6.45, 7) is 5.91. The van der Waals surface area contributed by atoms with E-state index in [0.717, 1.165) is 0 Å². The Bertz CT molecular complexity index is 185. The molecule has 0 aliphatic heterocycles. The van der Waals surface area contributed by atoms with Gasteiger partial charge in [-0.25, -0.2) is 4.79 Å². The normalized spacial score (nSPS) is 11.7. The Balaban J connectivity index is 3.58.